The number of carbonyl (C=O) groups excluding carboxylic acids is 1. The maximum absolute atomic E-state index is 11.7. The highest BCUT2D eigenvalue weighted by atomic mass is 16.5. The highest BCUT2D eigenvalue weighted by Crippen LogP contribution is 2.19. The second-order valence-corrected chi connectivity index (χ2v) is 4.28. The van der Waals surface area contributed by atoms with Gasteiger partial charge >= 0.3 is 12.0 Å². The molecule has 2 N–H and O–H groups in total. The number of nitrogens with zero attached hydrogens (tertiary/aromatic N) is 1. The van der Waals surface area contributed by atoms with Gasteiger partial charge in [0.05, 0.1) is 0 Å². The second-order valence-electron chi connectivity index (χ2n) is 4.28. The Balaban J connectivity index is 2.18. The molecule has 0 bridgehead atoms. The molecular formula is C11H20N2O4. The topological polar surface area (TPSA) is 78.9 Å². The standard InChI is InChI=1S/C11H20N2O4/c1-17-6-2-4-12-11(16)13-5-3-9(8-13)7-10(14)15/h9H,2-8H2,1H3,(H,12,16)(H,14,15). The number of likely N-dealkylation sites (tertiary alicyclic amines) is 1. The Labute approximate surface area is 101 Å². The Hall–Kier alpha value is -1.30. The molecular weight excluding hydrogens is 224 g/mol. The fourth-order valence-corrected chi connectivity index (χ4v) is 1.95. The summed E-state index contributed by atoms with van der Waals surface area (Å²) < 4.78 is 4.88. The van der Waals surface area contributed by atoms with E-state index >= 15 is 0 Å². The van der Waals surface area contributed by atoms with Crippen LogP contribution in [0.3, 0.4) is 0 Å². The van der Waals surface area contributed by atoms with E-state index in [4.69, 9.17) is 9.84 Å². The fourth-order valence-electron chi connectivity index (χ4n) is 1.95. The summed E-state index contributed by atoms with van der Waals surface area (Å²) in [5.74, 6) is -0.699. The van der Waals surface area contributed by atoms with Crippen LogP contribution >= 0.6 is 0 Å². The van der Waals surface area contributed by atoms with Crippen LogP contribution in [-0.2, 0) is 9.53 Å². The number of ether oxygens (including phenoxy) is 1. The van der Waals surface area contributed by atoms with Gasteiger partial charge in [0.15, 0.2) is 0 Å². The number of carboxylic acids is 1. The summed E-state index contributed by atoms with van der Waals surface area (Å²) >= 11 is 0. The van der Waals surface area contributed by atoms with Crippen LogP contribution < -0.4 is 5.32 Å². The minimum absolute atomic E-state index is 0.0947. The summed E-state index contributed by atoms with van der Waals surface area (Å²) in [6.45, 7) is 2.41. The Morgan fingerprint density at radius 2 is 2.29 bits per heavy atom. The Bertz CT molecular complexity index is 270. The molecule has 1 aliphatic heterocycles. The summed E-state index contributed by atoms with van der Waals surface area (Å²) in [4.78, 5) is 23.9. The van der Waals surface area contributed by atoms with E-state index in [0.717, 1.165) is 12.8 Å². The second kappa shape index (κ2) is 7.11. The van der Waals surface area contributed by atoms with Crippen molar-refractivity contribution in [1.29, 1.82) is 0 Å². The van der Waals surface area contributed by atoms with Crippen LogP contribution in [0, 0.1) is 5.92 Å². The van der Waals surface area contributed by atoms with Crippen molar-refractivity contribution in [3.63, 3.8) is 0 Å². The highest BCUT2D eigenvalue weighted by Gasteiger charge is 2.27. The number of hydrogen-bond donors (Lipinski definition) is 2. The van der Waals surface area contributed by atoms with Crippen molar-refractivity contribution in [2.45, 2.75) is 19.3 Å². The molecule has 1 atom stereocenters. The molecule has 0 radical (unpaired) electrons. The van der Waals surface area contributed by atoms with Gasteiger partial charge in [0.1, 0.15) is 0 Å². The molecule has 1 saturated heterocycles. The van der Waals surface area contributed by atoms with Gasteiger partial charge < -0.3 is 20.1 Å². The van der Waals surface area contributed by atoms with Gasteiger partial charge in [-0.2, -0.15) is 0 Å². The van der Waals surface area contributed by atoms with Gasteiger partial charge in [-0.15, -0.1) is 0 Å². The molecule has 1 heterocycles. The average Bonchev–Trinajstić information content (AvgIpc) is 2.71. The smallest absolute Gasteiger partial charge is 0.317 e. The van der Waals surface area contributed by atoms with E-state index in [1.54, 1.807) is 12.0 Å². The lowest BCUT2D eigenvalue weighted by molar-refractivity contribution is -0.138. The van der Waals surface area contributed by atoms with Gasteiger partial charge in [-0.25, -0.2) is 4.79 Å². The highest BCUT2D eigenvalue weighted by molar-refractivity contribution is 5.74. The third-order valence-electron chi connectivity index (χ3n) is 2.84. The number of hydrogen-bond acceptors (Lipinski definition) is 3. The lowest BCUT2D eigenvalue weighted by Gasteiger charge is -2.17. The van der Waals surface area contributed by atoms with Crippen LogP contribution in [0.15, 0.2) is 0 Å². The van der Waals surface area contributed by atoms with Crippen LogP contribution in [0.5, 0.6) is 0 Å². The third kappa shape index (κ3) is 5.04. The lowest BCUT2D eigenvalue weighted by atomic mass is 10.1. The van der Waals surface area contributed by atoms with E-state index in [1.165, 1.54) is 0 Å². The van der Waals surface area contributed by atoms with Gasteiger partial charge in [0.2, 0.25) is 0 Å². The minimum Gasteiger partial charge on any atom is -0.481 e. The van der Waals surface area contributed by atoms with Crippen molar-refractivity contribution < 1.29 is 19.4 Å². The van der Waals surface area contributed by atoms with Crippen molar-refractivity contribution in [3.05, 3.63) is 0 Å². The summed E-state index contributed by atoms with van der Waals surface area (Å²) in [6, 6.07) is -0.103. The predicted molar refractivity (Wildman–Crippen MR) is 61.8 cm³/mol. The minimum atomic E-state index is -0.794. The molecule has 0 aromatic heterocycles. The number of urea groups is 1. The maximum atomic E-state index is 11.7. The zero-order chi connectivity index (χ0) is 12.7. The number of methoxy groups -OCH3 is 1. The van der Waals surface area contributed by atoms with E-state index < -0.39 is 5.97 Å². The third-order valence-corrected chi connectivity index (χ3v) is 2.84. The van der Waals surface area contributed by atoms with Crippen molar-refractivity contribution >= 4 is 12.0 Å². The monoisotopic (exact) mass is 244 g/mol. The van der Waals surface area contributed by atoms with Gasteiger partial charge in [0.25, 0.3) is 0 Å². The molecule has 6 heteroatoms. The molecule has 2 amide bonds. The first-order valence-electron chi connectivity index (χ1n) is 5.87. The number of rotatable bonds is 6. The first kappa shape index (κ1) is 13.8. The van der Waals surface area contributed by atoms with Crippen LogP contribution in [0.4, 0.5) is 4.79 Å². The molecule has 1 aliphatic rings. The van der Waals surface area contributed by atoms with Gasteiger partial charge in [-0.05, 0) is 18.8 Å². The van der Waals surface area contributed by atoms with E-state index in [0.29, 0.717) is 26.2 Å². The molecule has 1 unspecified atom stereocenters. The van der Waals surface area contributed by atoms with E-state index in [-0.39, 0.29) is 18.4 Å². The first-order valence-corrected chi connectivity index (χ1v) is 5.87. The van der Waals surface area contributed by atoms with E-state index in [2.05, 4.69) is 5.32 Å². The van der Waals surface area contributed by atoms with Crippen molar-refractivity contribution in [2.75, 3.05) is 33.4 Å². The van der Waals surface area contributed by atoms with Crippen molar-refractivity contribution in [3.8, 4) is 0 Å². The van der Waals surface area contributed by atoms with Gasteiger partial charge in [0, 0.05) is 39.8 Å². The predicted octanol–water partition coefficient (Wildman–Crippen LogP) is 0.529. The van der Waals surface area contributed by atoms with Crippen LogP contribution in [-0.4, -0.2) is 55.4 Å². The molecule has 17 heavy (non-hydrogen) atoms. The van der Waals surface area contributed by atoms with E-state index in [1.807, 2.05) is 0 Å². The zero-order valence-electron chi connectivity index (χ0n) is 10.1. The lowest BCUT2D eigenvalue weighted by Crippen LogP contribution is -2.39. The number of carboxylic acid groups (broad SMARTS) is 1. The molecule has 0 aromatic carbocycles. The molecule has 0 aromatic rings. The number of aliphatic carboxylic acids is 1. The summed E-state index contributed by atoms with van der Waals surface area (Å²) in [5, 5.41) is 11.5. The summed E-state index contributed by atoms with van der Waals surface area (Å²) in [5.41, 5.74) is 0. The Morgan fingerprint density at radius 1 is 1.53 bits per heavy atom. The normalized spacial score (nSPS) is 19.4. The van der Waals surface area contributed by atoms with Crippen LogP contribution in [0.1, 0.15) is 19.3 Å². The van der Waals surface area contributed by atoms with E-state index in [9.17, 15) is 9.59 Å². The molecule has 0 saturated carbocycles. The molecule has 0 aliphatic carbocycles. The number of carbonyl (C=O) groups is 2. The molecule has 0 spiro atoms. The fraction of sp³-hybridized carbons (Fsp3) is 0.818. The van der Waals surface area contributed by atoms with Crippen LogP contribution in [0.25, 0.3) is 0 Å². The van der Waals surface area contributed by atoms with Gasteiger partial charge in [-0.3, -0.25) is 4.79 Å². The number of amides is 2. The molecule has 6 nitrogen and oxygen atoms in total. The quantitative estimate of drug-likeness (QED) is 0.668. The first-order chi connectivity index (χ1) is 8.13. The molecule has 1 rings (SSSR count). The maximum Gasteiger partial charge on any atom is 0.317 e. The van der Waals surface area contributed by atoms with Crippen LogP contribution in [0.2, 0.25) is 0 Å². The SMILES string of the molecule is COCCCNC(=O)N1CCC(CC(=O)O)C1. The molecule has 98 valence electrons. The Morgan fingerprint density at radius 3 is 2.94 bits per heavy atom. The Kier molecular flexibility index (Phi) is 5.76. The summed E-state index contributed by atoms with van der Waals surface area (Å²) in [7, 11) is 1.62. The van der Waals surface area contributed by atoms with Crippen molar-refractivity contribution in [2.24, 2.45) is 5.92 Å². The summed E-state index contributed by atoms with van der Waals surface area (Å²) in [6.07, 6.45) is 1.71. The zero-order valence-corrected chi connectivity index (χ0v) is 10.1. The average molecular weight is 244 g/mol. The van der Waals surface area contributed by atoms with Gasteiger partial charge in [-0.1, -0.05) is 0 Å². The largest absolute Gasteiger partial charge is 0.481 e. The molecule has 1 fully saturated rings. The number of nitrogens with one attached hydrogen (secondary N) is 1. The van der Waals surface area contributed by atoms with Crippen molar-refractivity contribution in [1.82, 2.24) is 10.2 Å².